The fourth-order valence-corrected chi connectivity index (χ4v) is 6.63. The maximum atomic E-state index is 13.7. The van der Waals surface area contributed by atoms with Crippen LogP contribution in [0.4, 0.5) is 10.5 Å². The van der Waals surface area contributed by atoms with E-state index in [0.717, 1.165) is 52.3 Å². The van der Waals surface area contributed by atoms with Crippen LogP contribution in [0.25, 0.3) is 11.1 Å². The van der Waals surface area contributed by atoms with E-state index >= 15 is 0 Å². The summed E-state index contributed by atoms with van der Waals surface area (Å²) < 4.78 is 9.24. The van der Waals surface area contributed by atoms with Crippen LogP contribution in [0.3, 0.4) is 0 Å². The van der Waals surface area contributed by atoms with Crippen molar-refractivity contribution in [2.75, 3.05) is 18.4 Å². The molecular formula is C35H40ClN7O4. The number of aromatic nitrogens is 4. The Hall–Kier alpha value is -4.48. The largest absolute Gasteiger partial charge is 0.444 e. The summed E-state index contributed by atoms with van der Waals surface area (Å²) in [6.07, 6.45) is 1.16. The van der Waals surface area contributed by atoms with Crippen LogP contribution in [0, 0.1) is 6.92 Å². The SMILES string of the molecule is Cc1c(CC(=O)c2nc3c(n2C)CCN(C(=O)OC(C)(C)C)C3)cccc1-c1cccc(NC(=O)c2nc3c(n2C)CCNC3)c1Cl. The van der Waals surface area contributed by atoms with Crippen molar-refractivity contribution >= 4 is 35.1 Å². The van der Waals surface area contributed by atoms with Crippen LogP contribution in [0.2, 0.25) is 5.02 Å². The van der Waals surface area contributed by atoms with E-state index < -0.39 is 5.60 Å². The van der Waals surface area contributed by atoms with E-state index in [1.165, 1.54) is 0 Å². The molecule has 0 saturated heterocycles. The minimum absolute atomic E-state index is 0.119. The normalized spacial score (nSPS) is 14.4. The maximum absolute atomic E-state index is 13.7. The fraction of sp³-hybridized carbons (Fsp3) is 0.400. The van der Waals surface area contributed by atoms with Crippen molar-refractivity contribution in [3.05, 3.63) is 87.0 Å². The first kappa shape index (κ1) is 32.5. The second-order valence-electron chi connectivity index (χ2n) is 13.2. The lowest BCUT2D eigenvalue weighted by Gasteiger charge is -2.29. The van der Waals surface area contributed by atoms with Gasteiger partial charge in [0.05, 0.1) is 28.6 Å². The van der Waals surface area contributed by atoms with Crippen LogP contribution < -0.4 is 10.6 Å². The Bertz CT molecular complexity index is 1900. The molecule has 12 heteroatoms. The second kappa shape index (κ2) is 12.6. The molecule has 4 heterocycles. The Balaban J connectivity index is 1.20. The number of nitrogens with one attached hydrogen (secondary N) is 2. The Morgan fingerprint density at radius 3 is 2.38 bits per heavy atom. The van der Waals surface area contributed by atoms with Crippen molar-refractivity contribution in [3.8, 4) is 11.1 Å². The molecule has 2 aliphatic heterocycles. The molecule has 246 valence electrons. The smallest absolute Gasteiger partial charge is 0.410 e. The first-order chi connectivity index (χ1) is 22.3. The molecule has 0 bridgehead atoms. The van der Waals surface area contributed by atoms with Crippen LogP contribution in [0.5, 0.6) is 0 Å². The highest BCUT2D eigenvalue weighted by Gasteiger charge is 2.30. The minimum Gasteiger partial charge on any atom is -0.444 e. The number of ether oxygens (including phenoxy) is 1. The molecule has 0 radical (unpaired) electrons. The van der Waals surface area contributed by atoms with Gasteiger partial charge in [-0.15, -0.1) is 0 Å². The van der Waals surface area contributed by atoms with Crippen molar-refractivity contribution in [2.24, 2.45) is 14.1 Å². The molecule has 2 N–H and O–H groups in total. The molecule has 47 heavy (non-hydrogen) atoms. The van der Waals surface area contributed by atoms with Crippen LogP contribution in [0.15, 0.2) is 36.4 Å². The van der Waals surface area contributed by atoms with Crippen molar-refractivity contribution < 1.29 is 19.1 Å². The highest BCUT2D eigenvalue weighted by molar-refractivity contribution is 6.36. The molecule has 2 aromatic carbocycles. The van der Waals surface area contributed by atoms with Crippen molar-refractivity contribution in [3.63, 3.8) is 0 Å². The second-order valence-corrected chi connectivity index (χ2v) is 13.5. The molecule has 2 aromatic heterocycles. The molecule has 0 atom stereocenters. The maximum Gasteiger partial charge on any atom is 0.410 e. The number of fused-ring (bicyclic) bond motifs is 2. The van der Waals surface area contributed by atoms with Gasteiger partial charge < -0.3 is 29.4 Å². The first-order valence-corrected chi connectivity index (χ1v) is 16.2. The summed E-state index contributed by atoms with van der Waals surface area (Å²) >= 11 is 6.92. The van der Waals surface area contributed by atoms with E-state index in [0.29, 0.717) is 54.1 Å². The number of rotatable bonds is 6. The summed E-state index contributed by atoms with van der Waals surface area (Å²) in [4.78, 5) is 50.5. The number of halogens is 1. The van der Waals surface area contributed by atoms with E-state index in [4.69, 9.17) is 16.3 Å². The predicted octanol–water partition coefficient (Wildman–Crippen LogP) is 5.40. The standard InChI is InChI=1S/C35H40ClN7O4/c1-20-21(17-29(44)31-39-26-19-43(16-14-28(26)41(31)5)34(46)47-35(2,3)4)9-7-10-22(20)23-11-8-12-24(30(23)36)40-33(45)32-38-25-18-37-15-13-27(25)42(32)6/h7-12,37H,13-19H2,1-6H3,(H,40,45). The van der Waals surface area contributed by atoms with Crippen molar-refractivity contribution in [1.29, 1.82) is 0 Å². The molecule has 0 aliphatic carbocycles. The van der Waals surface area contributed by atoms with Gasteiger partial charge >= 0.3 is 6.09 Å². The van der Waals surface area contributed by atoms with Gasteiger partial charge in [-0.3, -0.25) is 9.59 Å². The average Bonchev–Trinajstić information content (AvgIpc) is 3.55. The van der Waals surface area contributed by atoms with Crippen molar-refractivity contribution in [1.82, 2.24) is 29.3 Å². The summed E-state index contributed by atoms with van der Waals surface area (Å²) in [6.45, 7) is 9.76. The van der Waals surface area contributed by atoms with Gasteiger partial charge in [-0.2, -0.15) is 0 Å². The monoisotopic (exact) mass is 657 g/mol. The molecule has 6 rings (SSSR count). The molecule has 0 fully saturated rings. The molecule has 2 aliphatic rings. The van der Waals surface area contributed by atoms with Crippen LogP contribution >= 0.6 is 11.6 Å². The van der Waals surface area contributed by atoms with Gasteiger partial charge in [0.25, 0.3) is 5.91 Å². The topological polar surface area (TPSA) is 123 Å². The molecule has 2 amide bonds. The lowest BCUT2D eigenvalue weighted by atomic mass is 9.93. The summed E-state index contributed by atoms with van der Waals surface area (Å²) in [5.41, 5.74) is 6.86. The molecule has 0 unspecified atom stereocenters. The number of benzene rings is 2. The number of Topliss-reactive ketones (excluding diaryl/α,β-unsaturated/α-hetero) is 1. The van der Waals surface area contributed by atoms with Crippen LogP contribution in [-0.2, 0) is 51.2 Å². The number of imidazole rings is 2. The zero-order valence-corrected chi connectivity index (χ0v) is 28.4. The lowest BCUT2D eigenvalue weighted by molar-refractivity contribution is 0.0220. The van der Waals surface area contributed by atoms with Gasteiger partial charge in [-0.1, -0.05) is 41.9 Å². The van der Waals surface area contributed by atoms with Gasteiger partial charge in [0.15, 0.2) is 11.6 Å². The highest BCUT2D eigenvalue weighted by Crippen LogP contribution is 2.37. The minimum atomic E-state index is -0.592. The van der Waals surface area contributed by atoms with E-state index in [1.807, 2.05) is 81.3 Å². The van der Waals surface area contributed by atoms with Gasteiger partial charge in [0, 0.05) is 69.9 Å². The van der Waals surface area contributed by atoms with E-state index in [1.54, 1.807) is 11.0 Å². The number of nitrogens with zero attached hydrogens (tertiary/aromatic N) is 5. The third-order valence-corrected chi connectivity index (χ3v) is 9.23. The Morgan fingerprint density at radius 2 is 1.64 bits per heavy atom. The predicted molar refractivity (Wildman–Crippen MR) is 180 cm³/mol. The zero-order chi connectivity index (χ0) is 33.6. The number of hydrogen-bond donors (Lipinski definition) is 2. The molecular weight excluding hydrogens is 618 g/mol. The number of ketones is 1. The molecule has 4 aromatic rings. The quantitative estimate of drug-likeness (QED) is 0.266. The van der Waals surface area contributed by atoms with Crippen LogP contribution in [-0.4, -0.2) is 60.5 Å². The zero-order valence-electron chi connectivity index (χ0n) is 27.7. The molecule has 11 nitrogen and oxygen atoms in total. The summed E-state index contributed by atoms with van der Waals surface area (Å²) in [7, 11) is 3.71. The van der Waals surface area contributed by atoms with Gasteiger partial charge in [-0.25, -0.2) is 14.8 Å². The summed E-state index contributed by atoms with van der Waals surface area (Å²) in [5.74, 6) is 0.251. The summed E-state index contributed by atoms with van der Waals surface area (Å²) in [5, 5.41) is 6.64. The third-order valence-electron chi connectivity index (χ3n) is 8.82. The van der Waals surface area contributed by atoms with Gasteiger partial charge in [0.1, 0.15) is 5.60 Å². The Labute approximate surface area is 279 Å². The van der Waals surface area contributed by atoms with E-state index in [2.05, 4.69) is 20.6 Å². The number of amides is 2. The van der Waals surface area contributed by atoms with Crippen LogP contribution in [0.1, 0.15) is 75.9 Å². The number of anilines is 1. The Kier molecular flexibility index (Phi) is 8.71. The number of carbonyl (C=O) groups excluding carboxylic acids is 3. The molecule has 0 saturated carbocycles. The molecule has 0 spiro atoms. The fourth-order valence-electron chi connectivity index (χ4n) is 6.35. The van der Waals surface area contributed by atoms with E-state index in [-0.39, 0.29) is 24.2 Å². The highest BCUT2D eigenvalue weighted by atomic mass is 35.5. The van der Waals surface area contributed by atoms with Gasteiger partial charge in [0.2, 0.25) is 5.78 Å². The Morgan fingerprint density at radius 1 is 0.957 bits per heavy atom. The third kappa shape index (κ3) is 6.42. The first-order valence-electron chi connectivity index (χ1n) is 15.8. The number of carbonyl (C=O) groups is 3. The lowest BCUT2D eigenvalue weighted by Crippen LogP contribution is -2.40. The summed E-state index contributed by atoms with van der Waals surface area (Å²) in [6, 6.07) is 11.3. The van der Waals surface area contributed by atoms with Crippen molar-refractivity contribution in [2.45, 2.75) is 65.6 Å². The number of hydrogen-bond acceptors (Lipinski definition) is 7. The van der Waals surface area contributed by atoms with Gasteiger partial charge in [-0.05, 0) is 50.5 Å². The van der Waals surface area contributed by atoms with E-state index in [9.17, 15) is 14.4 Å². The average molecular weight is 658 g/mol.